The fourth-order valence-corrected chi connectivity index (χ4v) is 3.17. The van der Waals surface area contributed by atoms with Crippen LogP contribution in [0.15, 0.2) is 18.2 Å². The third-order valence-electron chi connectivity index (χ3n) is 4.41. The summed E-state index contributed by atoms with van der Waals surface area (Å²) in [6, 6.07) is 3.60. The average Bonchev–Trinajstić information content (AvgIpc) is 2.48. The molecule has 1 aromatic rings. The largest absolute Gasteiger partial charge is 0.377 e. The maximum absolute atomic E-state index is 13.8. The average molecular weight is 284 g/mol. The Morgan fingerprint density at radius 3 is 2.35 bits per heavy atom. The van der Waals surface area contributed by atoms with Crippen molar-refractivity contribution in [3.63, 3.8) is 0 Å². The van der Waals surface area contributed by atoms with Crippen molar-refractivity contribution in [2.24, 2.45) is 5.84 Å². The summed E-state index contributed by atoms with van der Waals surface area (Å²) in [5.41, 5.74) is 2.33. The molecule has 1 unspecified atom stereocenters. The standard InChI is InChI=1S/C15H22F2N2O/c1-20-15(8-3-2-4-9-15)14(19-18)10-11-12(16)6-5-7-13(11)17/h5-7,14,19H,2-4,8-10,18H2,1H3. The SMILES string of the molecule is COC1(C(Cc2c(F)cccc2F)NN)CCCCC1. The highest BCUT2D eigenvalue weighted by Crippen LogP contribution is 2.35. The van der Waals surface area contributed by atoms with Crippen LogP contribution in [0.1, 0.15) is 37.7 Å². The van der Waals surface area contributed by atoms with Crippen LogP contribution in [0.25, 0.3) is 0 Å². The van der Waals surface area contributed by atoms with Gasteiger partial charge in [-0.25, -0.2) is 8.78 Å². The van der Waals surface area contributed by atoms with Crippen molar-refractivity contribution >= 4 is 0 Å². The van der Waals surface area contributed by atoms with Gasteiger partial charge in [-0.05, 0) is 31.4 Å². The molecule has 0 amide bonds. The van der Waals surface area contributed by atoms with Gasteiger partial charge >= 0.3 is 0 Å². The molecule has 112 valence electrons. The topological polar surface area (TPSA) is 47.3 Å². The van der Waals surface area contributed by atoms with Crippen LogP contribution in [0.5, 0.6) is 0 Å². The van der Waals surface area contributed by atoms with Crippen molar-refractivity contribution in [3.05, 3.63) is 35.4 Å². The summed E-state index contributed by atoms with van der Waals surface area (Å²) in [6.45, 7) is 0. The lowest BCUT2D eigenvalue weighted by Gasteiger charge is -2.42. The highest BCUT2D eigenvalue weighted by molar-refractivity contribution is 5.22. The van der Waals surface area contributed by atoms with Gasteiger partial charge in [-0.15, -0.1) is 0 Å². The number of hydrazine groups is 1. The monoisotopic (exact) mass is 284 g/mol. The Kier molecular flexibility index (Phi) is 5.07. The number of halogens is 2. The second-order valence-electron chi connectivity index (χ2n) is 5.45. The summed E-state index contributed by atoms with van der Waals surface area (Å²) in [6.07, 6.45) is 5.15. The van der Waals surface area contributed by atoms with Gasteiger partial charge in [-0.1, -0.05) is 25.3 Å². The number of nitrogens with one attached hydrogen (secondary N) is 1. The third-order valence-corrected chi connectivity index (χ3v) is 4.41. The van der Waals surface area contributed by atoms with Gasteiger partial charge in [0.2, 0.25) is 0 Å². The highest BCUT2D eigenvalue weighted by atomic mass is 19.1. The van der Waals surface area contributed by atoms with E-state index in [0.29, 0.717) is 0 Å². The summed E-state index contributed by atoms with van der Waals surface area (Å²) in [4.78, 5) is 0. The maximum atomic E-state index is 13.8. The molecule has 5 heteroatoms. The molecule has 0 bridgehead atoms. The van der Waals surface area contributed by atoms with Crippen molar-refractivity contribution in [1.82, 2.24) is 5.43 Å². The summed E-state index contributed by atoms with van der Waals surface area (Å²) in [5.74, 6) is 4.57. The Balaban J connectivity index is 2.23. The number of methoxy groups -OCH3 is 1. The van der Waals surface area contributed by atoms with Crippen molar-refractivity contribution in [1.29, 1.82) is 0 Å². The summed E-state index contributed by atoms with van der Waals surface area (Å²) < 4.78 is 33.3. The van der Waals surface area contributed by atoms with E-state index in [4.69, 9.17) is 10.6 Å². The van der Waals surface area contributed by atoms with Crippen molar-refractivity contribution < 1.29 is 13.5 Å². The van der Waals surface area contributed by atoms with Gasteiger partial charge < -0.3 is 4.74 Å². The fraction of sp³-hybridized carbons (Fsp3) is 0.600. The van der Waals surface area contributed by atoms with Gasteiger partial charge in [0.15, 0.2) is 0 Å². The van der Waals surface area contributed by atoms with Crippen molar-refractivity contribution in [2.45, 2.75) is 50.2 Å². The molecule has 0 aromatic heterocycles. The van der Waals surface area contributed by atoms with Gasteiger partial charge in [0, 0.05) is 12.7 Å². The molecule has 1 atom stereocenters. The van der Waals surface area contributed by atoms with Crippen molar-refractivity contribution in [2.75, 3.05) is 7.11 Å². The van der Waals surface area contributed by atoms with E-state index < -0.39 is 17.2 Å². The second-order valence-corrected chi connectivity index (χ2v) is 5.45. The number of ether oxygens (including phenoxy) is 1. The maximum Gasteiger partial charge on any atom is 0.129 e. The fourth-order valence-electron chi connectivity index (χ4n) is 3.17. The highest BCUT2D eigenvalue weighted by Gasteiger charge is 2.40. The van der Waals surface area contributed by atoms with Crippen LogP contribution in [0, 0.1) is 11.6 Å². The molecule has 1 aromatic carbocycles. The van der Waals surface area contributed by atoms with Crippen LogP contribution in [-0.2, 0) is 11.2 Å². The van der Waals surface area contributed by atoms with E-state index >= 15 is 0 Å². The Morgan fingerprint density at radius 2 is 1.85 bits per heavy atom. The zero-order chi connectivity index (χ0) is 14.6. The van der Waals surface area contributed by atoms with E-state index in [1.807, 2.05) is 0 Å². The molecule has 2 rings (SSSR count). The first kappa shape index (κ1) is 15.4. The Hall–Kier alpha value is -1.04. The molecule has 20 heavy (non-hydrogen) atoms. The Morgan fingerprint density at radius 1 is 1.25 bits per heavy atom. The van der Waals surface area contributed by atoms with E-state index in [1.54, 1.807) is 7.11 Å². The molecule has 0 aliphatic heterocycles. The zero-order valence-corrected chi connectivity index (χ0v) is 11.8. The molecule has 3 nitrogen and oxygen atoms in total. The van der Waals surface area contributed by atoms with Crippen molar-refractivity contribution in [3.8, 4) is 0 Å². The smallest absolute Gasteiger partial charge is 0.129 e. The lowest BCUT2D eigenvalue weighted by atomic mass is 9.77. The molecule has 0 spiro atoms. The van der Waals surface area contributed by atoms with Crippen LogP contribution < -0.4 is 11.3 Å². The van der Waals surface area contributed by atoms with E-state index in [1.165, 1.54) is 18.2 Å². The molecular formula is C15H22F2N2O. The third kappa shape index (κ3) is 3.00. The predicted octanol–water partition coefficient (Wildman–Crippen LogP) is 2.69. The second kappa shape index (κ2) is 6.61. The first-order valence-electron chi connectivity index (χ1n) is 7.07. The molecule has 1 fully saturated rings. The summed E-state index contributed by atoms with van der Waals surface area (Å²) in [5, 5.41) is 0. The minimum atomic E-state index is -0.535. The molecule has 1 aliphatic carbocycles. The van der Waals surface area contributed by atoms with Crippen LogP contribution in [0.2, 0.25) is 0 Å². The van der Waals surface area contributed by atoms with E-state index in [2.05, 4.69) is 5.43 Å². The number of nitrogens with two attached hydrogens (primary N) is 1. The van der Waals surface area contributed by atoms with Gasteiger partial charge in [-0.3, -0.25) is 11.3 Å². The van der Waals surface area contributed by atoms with Crippen LogP contribution in [-0.4, -0.2) is 18.8 Å². The van der Waals surface area contributed by atoms with Gasteiger partial charge in [0.25, 0.3) is 0 Å². The zero-order valence-electron chi connectivity index (χ0n) is 11.8. The molecule has 0 saturated heterocycles. The normalized spacial score (nSPS) is 19.8. The predicted molar refractivity (Wildman–Crippen MR) is 74.0 cm³/mol. The lowest BCUT2D eigenvalue weighted by Crippen LogP contribution is -2.56. The van der Waals surface area contributed by atoms with Crippen LogP contribution in [0.4, 0.5) is 8.78 Å². The Labute approximate surface area is 118 Å². The molecule has 1 saturated carbocycles. The number of rotatable bonds is 5. The van der Waals surface area contributed by atoms with Crippen LogP contribution >= 0.6 is 0 Å². The Bertz CT molecular complexity index is 427. The first-order valence-corrected chi connectivity index (χ1v) is 7.07. The quantitative estimate of drug-likeness (QED) is 0.645. The number of benzene rings is 1. The van der Waals surface area contributed by atoms with Crippen LogP contribution in [0.3, 0.4) is 0 Å². The lowest BCUT2D eigenvalue weighted by molar-refractivity contribution is -0.0676. The molecule has 0 heterocycles. The van der Waals surface area contributed by atoms with Gasteiger partial charge in [0.1, 0.15) is 11.6 Å². The minimum absolute atomic E-state index is 0.0671. The molecule has 3 N–H and O–H groups in total. The molecule has 0 radical (unpaired) electrons. The van der Waals surface area contributed by atoms with Gasteiger partial charge in [0.05, 0.1) is 11.6 Å². The first-order chi connectivity index (χ1) is 9.63. The molecule has 1 aliphatic rings. The minimum Gasteiger partial charge on any atom is -0.377 e. The number of hydrogen-bond acceptors (Lipinski definition) is 3. The summed E-state index contributed by atoms with van der Waals surface area (Å²) >= 11 is 0. The molecular weight excluding hydrogens is 262 g/mol. The van der Waals surface area contributed by atoms with E-state index in [-0.39, 0.29) is 18.0 Å². The number of hydrogen-bond donors (Lipinski definition) is 2. The van der Waals surface area contributed by atoms with Gasteiger partial charge in [-0.2, -0.15) is 0 Å². The summed E-state index contributed by atoms with van der Waals surface area (Å²) in [7, 11) is 1.65. The van der Waals surface area contributed by atoms with E-state index in [0.717, 1.165) is 32.1 Å². The van der Waals surface area contributed by atoms with E-state index in [9.17, 15) is 8.78 Å².